The van der Waals surface area contributed by atoms with Gasteiger partial charge in [0.25, 0.3) is 17.7 Å². The van der Waals surface area contributed by atoms with Gasteiger partial charge in [0, 0.05) is 12.1 Å². The molecule has 4 N–H and O–H groups in total. The molecule has 2 unspecified atom stereocenters. The lowest BCUT2D eigenvalue weighted by Crippen LogP contribution is -2.52. The van der Waals surface area contributed by atoms with Crippen LogP contribution >= 0.6 is 0 Å². The molecule has 5 rings (SSSR count). The lowest BCUT2D eigenvalue weighted by Gasteiger charge is -2.32. The molecule has 0 aliphatic carbocycles. The topological polar surface area (TPSA) is 146 Å². The average Bonchev–Trinajstić information content (AvgIpc) is 3.43. The number of carbonyl (C=O) groups is 5. The third kappa shape index (κ3) is 3.30. The normalized spacial score (nSPS) is 25.2. The van der Waals surface area contributed by atoms with Crippen molar-refractivity contribution in [1.29, 1.82) is 0 Å². The van der Waals surface area contributed by atoms with Crippen molar-refractivity contribution in [2.75, 3.05) is 13.7 Å². The van der Waals surface area contributed by atoms with Gasteiger partial charge in [-0.15, -0.1) is 0 Å². The number of hydrogen-bond donors (Lipinski definition) is 4. The van der Waals surface area contributed by atoms with Gasteiger partial charge in [-0.05, 0) is 35.2 Å². The maximum absolute atomic E-state index is 13.1. The molecule has 11 nitrogen and oxygen atoms in total. The van der Waals surface area contributed by atoms with Gasteiger partial charge in [0.1, 0.15) is 11.3 Å². The Labute approximate surface area is 200 Å². The van der Waals surface area contributed by atoms with Gasteiger partial charge in [-0.3, -0.25) is 25.0 Å². The predicted octanol–water partition coefficient (Wildman–Crippen LogP) is 0.831. The molecule has 2 fully saturated rings. The van der Waals surface area contributed by atoms with Crippen LogP contribution in [0.3, 0.4) is 0 Å². The summed E-state index contributed by atoms with van der Waals surface area (Å²) < 4.78 is 5.22. The highest BCUT2D eigenvalue weighted by Gasteiger charge is 2.51. The fraction of sp³-hybridized carbons (Fsp3) is 0.292. The molecule has 2 saturated heterocycles. The van der Waals surface area contributed by atoms with Crippen LogP contribution < -0.4 is 26.0 Å². The minimum atomic E-state index is -1.53. The quantitative estimate of drug-likeness (QED) is 0.454. The fourth-order valence-corrected chi connectivity index (χ4v) is 4.97. The summed E-state index contributed by atoms with van der Waals surface area (Å²) >= 11 is 0. The highest BCUT2D eigenvalue weighted by atomic mass is 16.5. The number of ether oxygens (including phenoxy) is 1. The molecular weight excluding hydrogens is 454 g/mol. The van der Waals surface area contributed by atoms with Gasteiger partial charge in [-0.25, -0.2) is 9.59 Å². The summed E-state index contributed by atoms with van der Waals surface area (Å²) in [6.07, 6.45) is 0.316. The highest BCUT2D eigenvalue weighted by molar-refractivity contribution is 6.09. The molecule has 0 aromatic heterocycles. The Morgan fingerprint density at radius 2 is 1.43 bits per heavy atom. The van der Waals surface area contributed by atoms with Crippen molar-refractivity contribution in [2.24, 2.45) is 0 Å². The molecule has 3 aliphatic rings. The second-order valence-electron chi connectivity index (χ2n) is 8.74. The third-order valence-electron chi connectivity index (χ3n) is 6.91. The van der Waals surface area contributed by atoms with Crippen molar-refractivity contribution in [2.45, 2.75) is 31.0 Å². The largest absolute Gasteiger partial charge is 0.497 e. The van der Waals surface area contributed by atoms with Crippen LogP contribution in [0, 0.1) is 0 Å². The second kappa shape index (κ2) is 7.83. The summed E-state index contributed by atoms with van der Waals surface area (Å²) in [5.41, 5.74) is -0.523. The maximum Gasteiger partial charge on any atom is 0.322 e. The number of rotatable bonds is 6. The molecule has 11 heteroatoms. The van der Waals surface area contributed by atoms with E-state index in [1.807, 2.05) is 0 Å². The van der Waals surface area contributed by atoms with E-state index in [0.717, 1.165) is 5.56 Å². The fourth-order valence-electron chi connectivity index (χ4n) is 4.97. The number of methoxy groups -OCH3 is 1. The van der Waals surface area contributed by atoms with Crippen LogP contribution in [0.5, 0.6) is 5.75 Å². The summed E-state index contributed by atoms with van der Waals surface area (Å²) in [6.45, 7) is 1.94. The number of benzene rings is 2. The van der Waals surface area contributed by atoms with Crippen LogP contribution in [0.4, 0.5) is 9.59 Å². The van der Waals surface area contributed by atoms with Gasteiger partial charge in [0.05, 0.1) is 13.7 Å². The van der Waals surface area contributed by atoms with Crippen LogP contribution in [-0.4, -0.2) is 48.3 Å². The number of nitrogens with one attached hydrogen (secondary N) is 4. The Hall–Kier alpha value is -4.41. The Kier molecular flexibility index (Phi) is 5.01. The van der Waals surface area contributed by atoms with Crippen molar-refractivity contribution < 1.29 is 28.7 Å². The smallest absolute Gasteiger partial charge is 0.322 e. The molecular formula is C24H23N5O6. The molecule has 2 atom stereocenters. The molecule has 35 heavy (non-hydrogen) atoms. The van der Waals surface area contributed by atoms with Gasteiger partial charge in [-0.1, -0.05) is 37.3 Å². The van der Waals surface area contributed by atoms with Crippen LogP contribution in [0.1, 0.15) is 40.4 Å². The molecule has 0 spiro atoms. The molecule has 0 radical (unpaired) electrons. The van der Waals surface area contributed by atoms with E-state index in [1.54, 1.807) is 49.4 Å². The summed E-state index contributed by atoms with van der Waals surface area (Å²) in [5.74, 6) is -0.785. The van der Waals surface area contributed by atoms with Crippen molar-refractivity contribution in [1.82, 2.24) is 26.2 Å². The molecule has 2 aromatic carbocycles. The first-order chi connectivity index (χ1) is 16.7. The minimum Gasteiger partial charge on any atom is -0.497 e. The number of fused-ring (bicyclic) bond motifs is 1. The van der Waals surface area contributed by atoms with Crippen molar-refractivity contribution in [3.8, 4) is 5.75 Å². The van der Waals surface area contributed by atoms with Crippen molar-refractivity contribution in [3.05, 3.63) is 64.7 Å². The van der Waals surface area contributed by atoms with Crippen LogP contribution in [0.2, 0.25) is 0 Å². The molecule has 3 heterocycles. The zero-order valence-electron chi connectivity index (χ0n) is 19.1. The van der Waals surface area contributed by atoms with E-state index >= 15 is 0 Å². The Balaban J connectivity index is 1.49. The maximum atomic E-state index is 13.1. The minimum absolute atomic E-state index is 0.101. The number of amides is 7. The number of carbonyl (C=O) groups excluding carboxylic acids is 5. The molecule has 180 valence electrons. The number of nitrogens with zero attached hydrogens (tertiary/aromatic N) is 1. The van der Waals surface area contributed by atoms with E-state index < -0.39 is 35.0 Å². The molecule has 2 aromatic rings. The zero-order valence-corrected chi connectivity index (χ0v) is 19.1. The van der Waals surface area contributed by atoms with Crippen LogP contribution in [0.15, 0.2) is 42.5 Å². The second-order valence-corrected chi connectivity index (χ2v) is 8.74. The summed E-state index contributed by atoms with van der Waals surface area (Å²) in [4.78, 5) is 64.1. The van der Waals surface area contributed by atoms with Crippen LogP contribution in [0.25, 0.3) is 0 Å². The monoisotopic (exact) mass is 477 g/mol. The highest BCUT2D eigenvalue weighted by Crippen LogP contribution is 2.34. The Bertz CT molecular complexity index is 1290. The van der Waals surface area contributed by atoms with E-state index in [4.69, 9.17) is 4.74 Å². The first kappa shape index (κ1) is 22.4. The van der Waals surface area contributed by atoms with Crippen LogP contribution in [-0.2, 0) is 27.2 Å². The lowest BCUT2D eigenvalue weighted by atomic mass is 9.83. The van der Waals surface area contributed by atoms with Gasteiger partial charge in [0.2, 0.25) is 0 Å². The van der Waals surface area contributed by atoms with E-state index in [2.05, 4.69) is 21.3 Å². The van der Waals surface area contributed by atoms with Gasteiger partial charge in [-0.2, -0.15) is 0 Å². The van der Waals surface area contributed by atoms with E-state index in [0.29, 0.717) is 28.9 Å². The first-order valence-electron chi connectivity index (χ1n) is 11.1. The van der Waals surface area contributed by atoms with E-state index in [-0.39, 0.29) is 19.0 Å². The summed E-state index contributed by atoms with van der Waals surface area (Å²) in [7, 11) is 1.51. The molecule has 3 aliphatic heterocycles. The Morgan fingerprint density at radius 3 is 1.94 bits per heavy atom. The van der Waals surface area contributed by atoms with E-state index in [9.17, 15) is 24.0 Å². The average molecular weight is 477 g/mol. The summed E-state index contributed by atoms with van der Waals surface area (Å²) in [5, 5.41) is 9.88. The van der Waals surface area contributed by atoms with E-state index in [1.165, 1.54) is 12.0 Å². The SMILES string of the molecule is CCC1(c2ccc(C3(CN4Cc5ccc(OC)cc5C4=O)NC(=O)NC3=O)cc2)NC(=O)NC1=O. The number of hydrogen-bond acceptors (Lipinski definition) is 6. The third-order valence-corrected chi connectivity index (χ3v) is 6.91. The first-order valence-corrected chi connectivity index (χ1v) is 11.1. The standard InChI is InChI=1S/C24H23N5O6/c1-3-23(19(31)25-21(33)27-23)14-5-7-15(8-6-14)24(20(32)26-22(34)28-24)12-29-11-13-4-9-16(35-2)10-17(13)18(29)30/h4-10H,3,11-12H2,1-2H3,(H2,25,27,31,33)(H2,26,28,32,34). The number of imide groups is 2. The lowest BCUT2D eigenvalue weighted by molar-refractivity contribution is -0.125. The van der Waals surface area contributed by atoms with Crippen molar-refractivity contribution in [3.63, 3.8) is 0 Å². The predicted molar refractivity (Wildman–Crippen MR) is 121 cm³/mol. The summed E-state index contributed by atoms with van der Waals surface area (Å²) in [6, 6.07) is 10.5. The van der Waals surface area contributed by atoms with Crippen molar-refractivity contribution >= 4 is 29.8 Å². The molecule has 0 saturated carbocycles. The number of urea groups is 2. The van der Waals surface area contributed by atoms with Gasteiger partial charge >= 0.3 is 12.1 Å². The van der Waals surface area contributed by atoms with Gasteiger partial charge < -0.3 is 20.3 Å². The van der Waals surface area contributed by atoms with Gasteiger partial charge in [0.15, 0.2) is 5.54 Å². The Morgan fingerprint density at radius 1 is 0.857 bits per heavy atom. The zero-order chi connectivity index (χ0) is 25.0. The molecule has 0 bridgehead atoms. The molecule has 7 amide bonds.